The average Bonchev–Trinajstić information content (AvgIpc) is 2.60. The van der Waals surface area contributed by atoms with Gasteiger partial charge >= 0.3 is 11.9 Å². The van der Waals surface area contributed by atoms with Gasteiger partial charge in [0.25, 0.3) is 0 Å². The van der Waals surface area contributed by atoms with Crippen LogP contribution in [0.15, 0.2) is 40.9 Å². The van der Waals surface area contributed by atoms with Gasteiger partial charge in [-0.05, 0) is 42.8 Å². The number of aryl methyl sites for hydroxylation is 1. The van der Waals surface area contributed by atoms with Crippen LogP contribution in [0.3, 0.4) is 0 Å². The highest BCUT2D eigenvalue weighted by Gasteiger charge is 2.07. The van der Waals surface area contributed by atoms with Gasteiger partial charge in [0.15, 0.2) is 0 Å². The average molecular weight is 426 g/mol. The number of aliphatic carboxylic acids is 2. The molecule has 0 spiro atoms. The number of carboxylic acid groups (broad SMARTS) is 2. The number of halogens is 1. The predicted molar refractivity (Wildman–Crippen MR) is 101 cm³/mol. The van der Waals surface area contributed by atoms with E-state index in [2.05, 4.69) is 34.2 Å². The van der Waals surface area contributed by atoms with Gasteiger partial charge in [0.2, 0.25) is 0 Å². The van der Waals surface area contributed by atoms with E-state index >= 15 is 0 Å². The fourth-order valence-electron chi connectivity index (χ4n) is 2.04. The van der Waals surface area contributed by atoms with Crippen molar-refractivity contribution in [1.82, 2.24) is 0 Å². The predicted octanol–water partition coefficient (Wildman–Crippen LogP) is 3.54. The molecule has 0 aliphatic rings. The van der Waals surface area contributed by atoms with Crippen molar-refractivity contribution in [2.75, 3.05) is 19.5 Å². The molecular weight excluding hydrogens is 406 g/mol. The Morgan fingerprint density at radius 1 is 1.00 bits per heavy atom. The molecule has 0 fully saturated rings. The molecule has 2 rings (SSSR count). The van der Waals surface area contributed by atoms with Gasteiger partial charge in [0.1, 0.15) is 11.5 Å². The number of benzene rings is 2. The molecule has 0 bridgehead atoms. The second-order valence-electron chi connectivity index (χ2n) is 5.12. The number of carboxylic acids is 2. The molecule has 0 amide bonds. The molecule has 3 N–H and O–H groups in total. The molecule has 0 aliphatic carbocycles. The second-order valence-corrected chi connectivity index (χ2v) is 6.04. The van der Waals surface area contributed by atoms with Crippen LogP contribution in [0.5, 0.6) is 11.5 Å². The molecule has 0 saturated heterocycles. The first kappa shape index (κ1) is 21.3. The van der Waals surface area contributed by atoms with Crippen LogP contribution < -0.4 is 14.8 Å². The SMILES string of the molecule is COc1ccc(Br)cc1CNc1cc(C)ccc1OC.O=C(O)C(=O)O. The Bertz CT molecular complexity index is 713. The van der Waals surface area contributed by atoms with Gasteiger partial charge in [0.05, 0.1) is 19.9 Å². The van der Waals surface area contributed by atoms with Crippen molar-refractivity contribution in [2.24, 2.45) is 0 Å². The van der Waals surface area contributed by atoms with Crippen molar-refractivity contribution in [2.45, 2.75) is 13.5 Å². The lowest BCUT2D eigenvalue weighted by Crippen LogP contribution is -2.09. The van der Waals surface area contributed by atoms with E-state index in [1.165, 1.54) is 5.56 Å². The summed E-state index contributed by atoms with van der Waals surface area (Å²) in [6, 6.07) is 12.0. The molecule has 2 aromatic carbocycles. The van der Waals surface area contributed by atoms with Crippen LogP contribution in [-0.4, -0.2) is 36.4 Å². The normalized spacial score (nSPS) is 9.54. The Morgan fingerprint density at radius 2 is 1.58 bits per heavy atom. The highest BCUT2D eigenvalue weighted by Crippen LogP contribution is 2.28. The number of hydrogen-bond donors (Lipinski definition) is 3. The number of methoxy groups -OCH3 is 2. The maximum atomic E-state index is 9.10. The zero-order chi connectivity index (χ0) is 19.7. The van der Waals surface area contributed by atoms with E-state index in [4.69, 9.17) is 29.3 Å². The van der Waals surface area contributed by atoms with Crippen LogP contribution in [0, 0.1) is 6.92 Å². The molecule has 0 atom stereocenters. The van der Waals surface area contributed by atoms with Gasteiger partial charge in [-0.25, -0.2) is 9.59 Å². The molecule has 0 heterocycles. The summed E-state index contributed by atoms with van der Waals surface area (Å²) in [5.41, 5.74) is 3.26. The highest BCUT2D eigenvalue weighted by atomic mass is 79.9. The number of anilines is 1. The van der Waals surface area contributed by atoms with Crippen molar-refractivity contribution in [3.8, 4) is 11.5 Å². The van der Waals surface area contributed by atoms with E-state index in [1.807, 2.05) is 30.3 Å². The van der Waals surface area contributed by atoms with Crippen molar-refractivity contribution < 1.29 is 29.3 Å². The third-order valence-corrected chi connectivity index (χ3v) is 3.74. The summed E-state index contributed by atoms with van der Waals surface area (Å²) in [6.45, 7) is 2.73. The number of hydrogen-bond acceptors (Lipinski definition) is 5. The number of carbonyl (C=O) groups is 2. The minimum atomic E-state index is -1.82. The Balaban J connectivity index is 0.000000487. The van der Waals surface area contributed by atoms with Crippen LogP contribution in [0.4, 0.5) is 5.69 Å². The van der Waals surface area contributed by atoms with Crippen LogP contribution in [-0.2, 0) is 16.1 Å². The summed E-state index contributed by atoms with van der Waals surface area (Å²) in [6.07, 6.45) is 0. The van der Waals surface area contributed by atoms with Crippen LogP contribution in [0.1, 0.15) is 11.1 Å². The smallest absolute Gasteiger partial charge is 0.414 e. The summed E-state index contributed by atoms with van der Waals surface area (Å²) < 4.78 is 11.8. The van der Waals surface area contributed by atoms with Crippen LogP contribution >= 0.6 is 15.9 Å². The lowest BCUT2D eigenvalue weighted by Gasteiger charge is -2.14. The minimum absolute atomic E-state index is 0.669. The highest BCUT2D eigenvalue weighted by molar-refractivity contribution is 9.10. The van der Waals surface area contributed by atoms with Gasteiger partial charge in [0, 0.05) is 16.6 Å². The Labute approximate surface area is 159 Å². The minimum Gasteiger partial charge on any atom is -0.496 e. The molecule has 8 heteroatoms. The molecule has 26 heavy (non-hydrogen) atoms. The van der Waals surface area contributed by atoms with E-state index in [1.54, 1.807) is 14.2 Å². The second kappa shape index (κ2) is 10.3. The maximum absolute atomic E-state index is 9.10. The molecule has 7 nitrogen and oxygen atoms in total. The Hall–Kier alpha value is -2.74. The number of ether oxygens (including phenoxy) is 2. The van der Waals surface area contributed by atoms with E-state index in [9.17, 15) is 0 Å². The summed E-state index contributed by atoms with van der Waals surface area (Å²) >= 11 is 3.48. The van der Waals surface area contributed by atoms with Crippen molar-refractivity contribution in [3.63, 3.8) is 0 Å². The summed E-state index contributed by atoms with van der Waals surface area (Å²) in [5, 5.41) is 18.2. The maximum Gasteiger partial charge on any atom is 0.414 e. The zero-order valence-corrected chi connectivity index (χ0v) is 16.2. The lowest BCUT2D eigenvalue weighted by atomic mass is 10.1. The molecule has 0 aromatic heterocycles. The first-order valence-corrected chi connectivity index (χ1v) is 8.25. The van der Waals surface area contributed by atoms with E-state index in [0.717, 1.165) is 27.2 Å². The molecule has 0 radical (unpaired) electrons. The van der Waals surface area contributed by atoms with Crippen molar-refractivity contribution in [1.29, 1.82) is 0 Å². The summed E-state index contributed by atoms with van der Waals surface area (Å²) in [4.78, 5) is 18.2. The largest absolute Gasteiger partial charge is 0.496 e. The molecule has 140 valence electrons. The lowest BCUT2D eigenvalue weighted by molar-refractivity contribution is -0.159. The van der Waals surface area contributed by atoms with Gasteiger partial charge < -0.3 is 25.0 Å². The molecule has 2 aromatic rings. The van der Waals surface area contributed by atoms with Gasteiger partial charge in [-0.15, -0.1) is 0 Å². The fraction of sp³-hybridized carbons (Fsp3) is 0.222. The molecular formula is C18H20BrNO6. The van der Waals surface area contributed by atoms with Crippen LogP contribution in [0.25, 0.3) is 0 Å². The third kappa shape index (κ3) is 6.64. The van der Waals surface area contributed by atoms with Crippen LogP contribution in [0.2, 0.25) is 0 Å². The van der Waals surface area contributed by atoms with Gasteiger partial charge in [-0.1, -0.05) is 22.0 Å². The summed E-state index contributed by atoms with van der Waals surface area (Å²) in [5.74, 6) is -1.94. The summed E-state index contributed by atoms with van der Waals surface area (Å²) in [7, 11) is 3.36. The molecule has 0 unspecified atom stereocenters. The molecule has 0 saturated carbocycles. The fourth-order valence-corrected chi connectivity index (χ4v) is 2.44. The zero-order valence-electron chi connectivity index (χ0n) is 14.6. The van der Waals surface area contributed by atoms with E-state index in [-0.39, 0.29) is 0 Å². The third-order valence-electron chi connectivity index (χ3n) is 3.25. The Kier molecular flexibility index (Phi) is 8.44. The Morgan fingerprint density at radius 3 is 2.12 bits per heavy atom. The van der Waals surface area contributed by atoms with E-state index < -0.39 is 11.9 Å². The van der Waals surface area contributed by atoms with E-state index in [0.29, 0.717) is 6.54 Å². The van der Waals surface area contributed by atoms with Crippen molar-refractivity contribution >= 4 is 33.6 Å². The first-order valence-electron chi connectivity index (χ1n) is 7.45. The van der Waals surface area contributed by atoms with Crippen molar-refractivity contribution in [3.05, 3.63) is 52.0 Å². The standard InChI is InChI=1S/C16H18BrNO2.C2H2O4/c1-11-4-6-16(20-3)14(8-11)18-10-12-9-13(17)5-7-15(12)19-2;3-1(4)2(5)6/h4-9,18H,10H2,1-3H3;(H,3,4)(H,5,6). The first-order chi connectivity index (χ1) is 12.3. The molecule has 0 aliphatic heterocycles. The van der Waals surface area contributed by atoms with Gasteiger partial charge in [-0.3, -0.25) is 0 Å². The monoisotopic (exact) mass is 425 g/mol. The number of nitrogens with one attached hydrogen (secondary N) is 1. The van der Waals surface area contributed by atoms with Gasteiger partial charge in [-0.2, -0.15) is 0 Å². The number of rotatable bonds is 5. The quantitative estimate of drug-likeness (QED) is 0.628. The topological polar surface area (TPSA) is 105 Å².